The number of nitrogens with zero attached hydrogens (tertiary/aromatic N) is 1. The Morgan fingerprint density at radius 1 is 1.07 bits per heavy atom. The van der Waals surface area contributed by atoms with Crippen LogP contribution in [0.15, 0.2) is 48.5 Å². The number of aryl methyl sites for hydroxylation is 1. The first-order chi connectivity index (χ1) is 14.2. The number of para-hydroxylation sites is 1. The van der Waals surface area contributed by atoms with E-state index in [2.05, 4.69) is 10.6 Å². The number of hydrogen-bond acceptors (Lipinski definition) is 3. The van der Waals surface area contributed by atoms with Crippen LogP contribution in [0.1, 0.15) is 23.1 Å². The summed E-state index contributed by atoms with van der Waals surface area (Å²) in [4.78, 5) is 38.5. The van der Waals surface area contributed by atoms with Crippen molar-refractivity contribution in [2.45, 2.75) is 31.0 Å². The summed E-state index contributed by atoms with van der Waals surface area (Å²) in [5.41, 5.74) is -0.512. The fraction of sp³-hybridized carbons (Fsp3) is 0.286. The first-order valence-corrected chi connectivity index (χ1v) is 9.37. The lowest BCUT2D eigenvalue weighted by Crippen LogP contribution is -2.51. The molecule has 1 aliphatic carbocycles. The largest absolute Gasteiger partial charge is 0.418 e. The van der Waals surface area contributed by atoms with E-state index in [4.69, 9.17) is 0 Å². The highest BCUT2D eigenvalue weighted by molar-refractivity contribution is 6.10. The number of carbonyl (C=O) groups excluding carboxylic acids is 3. The van der Waals surface area contributed by atoms with Gasteiger partial charge in [0.1, 0.15) is 12.1 Å². The quantitative estimate of drug-likeness (QED) is 0.754. The van der Waals surface area contributed by atoms with Crippen LogP contribution in [-0.4, -0.2) is 34.8 Å². The molecule has 2 aromatic rings. The Kier molecular flexibility index (Phi) is 4.76. The standard InChI is InChI=1S/C21H18F3N3O3/c22-21(23,24)15-7-3-4-8-16(15)25-17(28)12-27-18(29)20(26-19(27)30)10-9-13-5-1-2-6-14(13)11-20/h1-8H,9-12H2,(H,25,28)(H,26,30). The number of imide groups is 1. The maximum Gasteiger partial charge on any atom is 0.418 e. The van der Waals surface area contributed by atoms with E-state index in [1.807, 2.05) is 24.3 Å². The van der Waals surface area contributed by atoms with Crippen LogP contribution < -0.4 is 10.6 Å². The maximum atomic E-state index is 13.1. The molecule has 1 aliphatic heterocycles. The lowest BCUT2D eigenvalue weighted by atomic mass is 9.78. The molecule has 30 heavy (non-hydrogen) atoms. The molecule has 0 aromatic heterocycles. The number of carbonyl (C=O) groups is 3. The Hall–Kier alpha value is -3.36. The van der Waals surface area contributed by atoms with Crippen molar-refractivity contribution in [3.63, 3.8) is 0 Å². The average Bonchev–Trinajstić information content (AvgIpc) is 2.91. The van der Waals surface area contributed by atoms with Gasteiger partial charge >= 0.3 is 12.2 Å². The van der Waals surface area contributed by atoms with Gasteiger partial charge in [-0.15, -0.1) is 0 Å². The van der Waals surface area contributed by atoms with E-state index in [0.717, 1.165) is 28.2 Å². The van der Waals surface area contributed by atoms with Crippen molar-refractivity contribution in [3.05, 3.63) is 65.2 Å². The minimum atomic E-state index is -4.65. The van der Waals surface area contributed by atoms with Crippen LogP contribution in [0.25, 0.3) is 0 Å². The summed E-state index contributed by atoms with van der Waals surface area (Å²) in [5.74, 6) is -1.43. The number of rotatable bonds is 3. The molecule has 1 saturated heterocycles. The fourth-order valence-electron chi connectivity index (χ4n) is 4.02. The molecule has 1 heterocycles. The topological polar surface area (TPSA) is 78.5 Å². The van der Waals surface area contributed by atoms with E-state index in [1.54, 1.807) is 0 Å². The lowest BCUT2D eigenvalue weighted by Gasteiger charge is -2.32. The van der Waals surface area contributed by atoms with Crippen LogP contribution in [0.3, 0.4) is 0 Å². The second-order valence-corrected chi connectivity index (χ2v) is 7.44. The second kappa shape index (κ2) is 7.16. The van der Waals surface area contributed by atoms with Gasteiger partial charge < -0.3 is 10.6 Å². The van der Waals surface area contributed by atoms with Crippen molar-refractivity contribution >= 4 is 23.5 Å². The number of urea groups is 1. The number of hydrogen-bond donors (Lipinski definition) is 2. The molecule has 0 bridgehead atoms. The van der Waals surface area contributed by atoms with Gasteiger partial charge in [-0.3, -0.25) is 14.5 Å². The zero-order valence-corrected chi connectivity index (χ0v) is 15.8. The molecule has 2 N–H and O–H groups in total. The van der Waals surface area contributed by atoms with Gasteiger partial charge in [0.25, 0.3) is 5.91 Å². The molecule has 2 aromatic carbocycles. The molecular weight excluding hydrogens is 399 g/mol. The molecule has 6 nitrogen and oxygen atoms in total. The van der Waals surface area contributed by atoms with Crippen molar-refractivity contribution in [2.24, 2.45) is 0 Å². The summed E-state index contributed by atoms with van der Waals surface area (Å²) in [6.07, 6.45) is -3.35. The molecule has 0 saturated carbocycles. The second-order valence-electron chi connectivity index (χ2n) is 7.44. The van der Waals surface area contributed by atoms with E-state index in [1.165, 1.54) is 12.1 Å². The van der Waals surface area contributed by atoms with E-state index in [0.29, 0.717) is 19.3 Å². The fourth-order valence-corrected chi connectivity index (χ4v) is 4.02. The third-order valence-corrected chi connectivity index (χ3v) is 5.49. The normalized spacial score (nSPS) is 20.8. The Morgan fingerprint density at radius 2 is 1.73 bits per heavy atom. The van der Waals surface area contributed by atoms with Crippen molar-refractivity contribution < 1.29 is 27.6 Å². The third kappa shape index (κ3) is 3.51. The zero-order valence-electron chi connectivity index (χ0n) is 15.8. The van der Waals surface area contributed by atoms with Gasteiger partial charge in [-0.05, 0) is 36.1 Å². The summed E-state index contributed by atoms with van der Waals surface area (Å²) in [5, 5.41) is 4.85. The van der Waals surface area contributed by atoms with E-state index >= 15 is 0 Å². The molecule has 1 fully saturated rings. The molecule has 0 radical (unpaired) electrons. The minimum absolute atomic E-state index is 0.308. The summed E-state index contributed by atoms with van der Waals surface area (Å²) < 4.78 is 39.3. The van der Waals surface area contributed by atoms with E-state index in [9.17, 15) is 27.6 Å². The first-order valence-electron chi connectivity index (χ1n) is 9.37. The number of nitrogens with one attached hydrogen (secondary N) is 2. The molecule has 2 aliphatic rings. The summed E-state index contributed by atoms with van der Waals surface area (Å²) in [7, 11) is 0. The van der Waals surface area contributed by atoms with Crippen LogP contribution in [0.5, 0.6) is 0 Å². The Bertz CT molecular complexity index is 1040. The molecule has 4 rings (SSSR count). The van der Waals surface area contributed by atoms with Gasteiger partial charge in [0.2, 0.25) is 5.91 Å². The molecule has 1 spiro atoms. The molecular formula is C21H18F3N3O3. The van der Waals surface area contributed by atoms with Crippen LogP contribution in [0, 0.1) is 0 Å². The van der Waals surface area contributed by atoms with Gasteiger partial charge in [0, 0.05) is 6.42 Å². The van der Waals surface area contributed by atoms with Gasteiger partial charge in [-0.2, -0.15) is 13.2 Å². The molecule has 1 unspecified atom stereocenters. The van der Waals surface area contributed by atoms with Crippen molar-refractivity contribution in [1.82, 2.24) is 10.2 Å². The number of benzene rings is 2. The predicted molar refractivity (Wildman–Crippen MR) is 102 cm³/mol. The maximum absolute atomic E-state index is 13.1. The number of anilines is 1. The summed E-state index contributed by atoms with van der Waals surface area (Å²) in [6.45, 7) is -0.666. The van der Waals surface area contributed by atoms with E-state index in [-0.39, 0.29) is 0 Å². The van der Waals surface area contributed by atoms with Gasteiger partial charge in [-0.1, -0.05) is 36.4 Å². The molecule has 9 heteroatoms. The smallest absolute Gasteiger partial charge is 0.324 e. The van der Waals surface area contributed by atoms with Crippen LogP contribution in [0.2, 0.25) is 0 Å². The number of halogens is 3. The number of alkyl halides is 3. The van der Waals surface area contributed by atoms with Gasteiger partial charge in [-0.25, -0.2) is 4.79 Å². The Labute approximate surface area is 170 Å². The highest BCUT2D eigenvalue weighted by Crippen LogP contribution is 2.35. The molecule has 4 amide bonds. The lowest BCUT2D eigenvalue weighted by molar-refractivity contribution is -0.137. The molecule has 1 atom stereocenters. The Morgan fingerprint density at radius 3 is 2.47 bits per heavy atom. The van der Waals surface area contributed by atoms with Crippen LogP contribution in [-0.2, 0) is 28.6 Å². The highest BCUT2D eigenvalue weighted by Gasteiger charge is 2.52. The summed E-state index contributed by atoms with van der Waals surface area (Å²) in [6, 6.07) is 11.4. The monoisotopic (exact) mass is 417 g/mol. The SMILES string of the molecule is O=C(CN1C(=O)NC2(CCc3ccccc3C2)C1=O)Nc1ccccc1C(F)(F)F. The zero-order chi connectivity index (χ0) is 21.5. The van der Waals surface area contributed by atoms with Gasteiger partial charge in [0.05, 0.1) is 11.3 Å². The number of fused-ring (bicyclic) bond motifs is 1. The van der Waals surface area contributed by atoms with Crippen molar-refractivity contribution in [2.75, 3.05) is 11.9 Å². The first kappa shape index (κ1) is 19.9. The van der Waals surface area contributed by atoms with Crippen LogP contribution in [0.4, 0.5) is 23.7 Å². The van der Waals surface area contributed by atoms with Gasteiger partial charge in [0.15, 0.2) is 0 Å². The highest BCUT2D eigenvalue weighted by atomic mass is 19.4. The minimum Gasteiger partial charge on any atom is -0.324 e. The van der Waals surface area contributed by atoms with Crippen molar-refractivity contribution in [3.8, 4) is 0 Å². The Balaban J connectivity index is 1.49. The molecule has 156 valence electrons. The summed E-state index contributed by atoms with van der Waals surface area (Å²) >= 11 is 0. The van der Waals surface area contributed by atoms with Crippen molar-refractivity contribution in [1.29, 1.82) is 0 Å². The van der Waals surface area contributed by atoms with Crippen LogP contribution >= 0.6 is 0 Å². The average molecular weight is 417 g/mol. The third-order valence-electron chi connectivity index (χ3n) is 5.49. The predicted octanol–water partition coefficient (Wildman–Crippen LogP) is 3.12. The number of amides is 4. The van der Waals surface area contributed by atoms with E-state index < -0.39 is 47.4 Å².